The molecule has 0 unspecified atom stereocenters. The van der Waals surface area contributed by atoms with Crippen molar-refractivity contribution in [2.45, 2.75) is 38.2 Å². The maximum atomic E-state index is 7.42. The molecule has 1 saturated carbocycles. The number of hydrogen-bond acceptors (Lipinski definition) is 3. The van der Waals surface area contributed by atoms with Gasteiger partial charge < -0.3 is 10.5 Å². The lowest BCUT2D eigenvalue weighted by atomic mass is 9.68. The van der Waals surface area contributed by atoms with Crippen LogP contribution in [0.5, 0.6) is 0 Å². The Labute approximate surface area is 162 Å². The molecule has 0 aromatic heterocycles. The minimum atomic E-state index is 0. The number of thioether (sulfide) groups is 1. The van der Waals surface area contributed by atoms with Gasteiger partial charge >= 0.3 is 0 Å². The molecule has 1 spiro atoms. The number of halogens is 2. The summed E-state index contributed by atoms with van der Waals surface area (Å²) in [6, 6.07) is 6.64. The molecule has 6 heteroatoms. The van der Waals surface area contributed by atoms with Crippen molar-refractivity contribution in [1.29, 1.82) is 5.41 Å². The minimum Gasteiger partial charge on any atom is -0.381 e. The first kappa shape index (κ1) is 19.8. The van der Waals surface area contributed by atoms with Crippen LogP contribution in [0.2, 0.25) is 0 Å². The van der Waals surface area contributed by atoms with E-state index in [1.807, 2.05) is 7.11 Å². The second-order valence-corrected chi connectivity index (χ2v) is 8.46. The average molecular weight is 432 g/mol. The first-order chi connectivity index (χ1) is 11.0. The van der Waals surface area contributed by atoms with Crippen molar-refractivity contribution in [3.05, 3.63) is 39.9 Å². The summed E-state index contributed by atoms with van der Waals surface area (Å²) in [5.41, 5.74) is 10.0. The van der Waals surface area contributed by atoms with E-state index in [0.717, 1.165) is 29.5 Å². The summed E-state index contributed by atoms with van der Waals surface area (Å²) in [6.07, 6.45) is 8.44. The molecular weight excluding hydrogens is 408 g/mol. The molecule has 2 aliphatic rings. The number of hydrogen-bond donors (Lipinski definition) is 2. The monoisotopic (exact) mass is 430 g/mol. The van der Waals surface area contributed by atoms with E-state index >= 15 is 0 Å². The second kappa shape index (κ2) is 8.26. The first-order valence-corrected chi connectivity index (χ1v) is 9.81. The van der Waals surface area contributed by atoms with Gasteiger partial charge in [-0.05, 0) is 66.4 Å². The van der Waals surface area contributed by atoms with Crippen molar-refractivity contribution in [2.75, 3.05) is 12.9 Å². The molecule has 0 atom stereocenters. The Hall–Kier alpha value is -0.490. The van der Waals surface area contributed by atoms with Crippen molar-refractivity contribution >= 4 is 50.8 Å². The van der Waals surface area contributed by atoms with Crippen LogP contribution < -0.4 is 5.73 Å². The fourth-order valence-corrected chi connectivity index (χ4v) is 4.86. The van der Waals surface area contributed by atoms with Crippen molar-refractivity contribution < 1.29 is 4.74 Å². The number of ether oxygens (including phenoxy) is 1. The van der Waals surface area contributed by atoms with Crippen molar-refractivity contribution in [3.8, 4) is 0 Å². The third-order valence-electron chi connectivity index (χ3n) is 5.21. The molecule has 2 aliphatic carbocycles. The lowest BCUT2D eigenvalue weighted by molar-refractivity contribution is 0.0447. The molecule has 0 aliphatic heterocycles. The third-order valence-corrected chi connectivity index (χ3v) is 6.35. The molecule has 0 amide bonds. The van der Waals surface area contributed by atoms with E-state index < -0.39 is 0 Å². The number of allylic oxidation sites excluding steroid dienone is 1. The molecule has 0 saturated heterocycles. The summed E-state index contributed by atoms with van der Waals surface area (Å²) < 4.78 is 6.69. The normalized spacial score (nSPS) is 27.1. The Kier molecular flexibility index (Phi) is 6.82. The summed E-state index contributed by atoms with van der Waals surface area (Å²) in [5.74, 6) is 0.770. The molecule has 0 radical (unpaired) electrons. The number of benzene rings is 1. The van der Waals surface area contributed by atoms with E-state index in [4.69, 9.17) is 15.9 Å². The Bertz CT molecular complexity index is 642. The van der Waals surface area contributed by atoms with Crippen LogP contribution in [-0.4, -0.2) is 24.1 Å². The zero-order valence-corrected chi connectivity index (χ0v) is 17.0. The van der Waals surface area contributed by atoms with E-state index in [1.54, 1.807) is 0 Å². The first-order valence-electron chi connectivity index (χ1n) is 8.03. The molecule has 3 rings (SSSR count). The molecule has 3 nitrogen and oxygen atoms in total. The van der Waals surface area contributed by atoms with Gasteiger partial charge in [-0.1, -0.05) is 39.8 Å². The molecular formula is C18H24BrClN2OS. The van der Waals surface area contributed by atoms with Gasteiger partial charge in [0.2, 0.25) is 0 Å². The summed E-state index contributed by atoms with van der Waals surface area (Å²) in [5, 5.41) is 7.61. The molecule has 1 aromatic carbocycles. The largest absolute Gasteiger partial charge is 0.381 e. The van der Waals surface area contributed by atoms with Gasteiger partial charge in [0.25, 0.3) is 0 Å². The van der Waals surface area contributed by atoms with Gasteiger partial charge in [0.1, 0.15) is 0 Å². The summed E-state index contributed by atoms with van der Waals surface area (Å²) in [4.78, 5) is 0. The summed E-state index contributed by atoms with van der Waals surface area (Å²) in [7, 11) is 1.82. The predicted molar refractivity (Wildman–Crippen MR) is 109 cm³/mol. The zero-order chi connectivity index (χ0) is 16.4. The second-order valence-electron chi connectivity index (χ2n) is 6.49. The van der Waals surface area contributed by atoms with E-state index in [2.05, 4.69) is 40.2 Å². The molecule has 132 valence electrons. The van der Waals surface area contributed by atoms with Gasteiger partial charge in [-0.3, -0.25) is 5.41 Å². The summed E-state index contributed by atoms with van der Waals surface area (Å²) >= 11 is 5.01. The van der Waals surface area contributed by atoms with E-state index in [0.29, 0.717) is 6.10 Å². The smallest absolute Gasteiger partial charge is 0.151 e. The number of nitrogens with two attached hydrogens (primary N) is 1. The van der Waals surface area contributed by atoms with Gasteiger partial charge in [0.05, 0.1) is 6.10 Å². The lowest BCUT2D eigenvalue weighted by Gasteiger charge is -2.38. The molecule has 0 heterocycles. The highest BCUT2D eigenvalue weighted by atomic mass is 79.9. The van der Waals surface area contributed by atoms with Crippen LogP contribution in [-0.2, 0) is 11.2 Å². The fraction of sp³-hybridized carbons (Fsp3) is 0.500. The fourth-order valence-electron chi connectivity index (χ4n) is 4.07. The Balaban J connectivity index is 0.00000208. The number of methoxy groups -OCH3 is 1. The van der Waals surface area contributed by atoms with Gasteiger partial charge in [-0.2, -0.15) is 0 Å². The summed E-state index contributed by atoms with van der Waals surface area (Å²) in [6.45, 7) is 0. The molecule has 3 N–H and O–H groups in total. The van der Waals surface area contributed by atoms with Crippen molar-refractivity contribution in [2.24, 2.45) is 11.1 Å². The number of rotatable bonds is 3. The highest BCUT2D eigenvalue weighted by Gasteiger charge is 2.43. The van der Waals surface area contributed by atoms with Crippen LogP contribution in [0.1, 0.15) is 36.8 Å². The van der Waals surface area contributed by atoms with Gasteiger partial charge in [-0.15, -0.1) is 12.4 Å². The van der Waals surface area contributed by atoms with Crippen LogP contribution in [0.4, 0.5) is 0 Å². The maximum Gasteiger partial charge on any atom is 0.151 e. The minimum absolute atomic E-state index is 0. The van der Waals surface area contributed by atoms with Crippen LogP contribution >= 0.6 is 40.1 Å². The van der Waals surface area contributed by atoms with Crippen LogP contribution in [0.15, 0.2) is 28.7 Å². The SMILES string of the molecule is COC1CCC2(CC1)Cc1ccc(Br)cc1C2=CCSC(=N)N.Cl. The van der Waals surface area contributed by atoms with Crippen LogP contribution in [0.3, 0.4) is 0 Å². The van der Waals surface area contributed by atoms with E-state index in [-0.39, 0.29) is 23.0 Å². The van der Waals surface area contributed by atoms with Crippen LogP contribution in [0, 0.1) is 10.8 Å². The Morgan fingerprint density at radius 3 is 2.79 bits per heavy atom. The van der Waals surface area contributed by atoms with Crippen molar-refractivity contribution in [3.63, 3.8) is 0 Å². The number of nitrogens with one attached hydrogen (secondary N) is 1. The van der Waals surface area contributed by atoms with Crippen molar-refractivity contribution in [1.82, 2.24) is 0 Å². The average Bonchev–Trinajstić information content (AvgIpc) is 2.81. The van der Waals surface area contributed by atoms with E-state index in [1.165, 1.54) is 41.3 Å². The van der Waals surface area contributed by atoms with Gasteiger partial charge in [0, 0.05) is 17.3 Å². The van der Waals surface area contributed by atoms with Gasteiger partial charge in [-0.25, -0.2) is 0 Å². The maximum absolute atomic E-state index is 7.42. The molecule has 0 bridgehead atoms. The third kappa shape index (κ3) is 4.01. The quantitative estimate of drug-likeness (QED) is 0.522. The molecule has 1 fully saturated rings. The Morgan fingerprint density at radius 2 is 2.17 bits per heavy atom. The molecule has 1 aromatic rings. The van der Waals surface area contributed by atoms with Crippen LogP contribution in [0.25, 0.3) is 5.57 Å². The lowest BCUT2D eigenvalue weighted by Crippen LogP contribution is -2.30. The molecule has 24 heavy (non-hydrogen) atoms. The zero-order valence-electron chi connectivity index (χ0n) is 13.8. The highest BCUT2D eigenvalue weighted by molar-refractivity contribution is 9.10. The van der Waals surface area contributed by atoms with Gasteiger partial charge in [0.15, 0.2) is 5.17 Å². The predicted octanol–water partition coefficient (Wildman–Crippen LogP) is 5.01. The highest BCUT2D eigenvalue weighted by Crippen LogP contribution is 2.55. The Morgan fingerprint density at radius 1 is 1.46 bits per heavy atom. The number of amidine groups is 1. The topological polar surface area (TPSA) is 59.1 Å². The van der Waals surface area contributed by atoms with E-state index in [9.17, 15) is 0 Å². The standard InChI is InChI=1S/C18H23BrN2OS.ClH/c1-22-14-4-7-18(8-5-14)11-12-2-3-13(19)10-15(12)16(18)6-9-23-17(20)21;/h2-3,6,10,14H,4-5,7-9,11H2,1H3,(H3,20,21);1H. The number of fused-ring (bicyclic) bond motifs is 1.